The van der Waals surface area contributed by atoms with Gasteiger partial charge in [0.15, 0.2) is 0 Å². The Morgan fingerprint density at radius 1 is 1.24 bits per heavy atom. The number of aliphatic carboxylic acids is 1. The lowest BCUT2D eigenvalue weighted by Gasteiger charge is -2.09. The average molecular weight is 285 g/mol. The minimum absolute atomic E-state index is 0.346. The highest BCUT2D eigenvalue weighted by Gasteiger charge is 2.18. The maximum Gasteiger partial charge on any atom is 0.306 e. The molecule has 1 aromatic heterocycles. The molecule has 3 rings (SSSR count). The Bertz CT molecular complexity index is 684. The van der Waals surface area contributed by atoms with E-state index in [4.69, 9.17) is 5.11 Å². The summed E-state index contributed by atoms with van der Waals surface area (Å²) in [4.78, 5) is 14.6. The molecule has 0 fully saturated rings. The Hall–Kier alpha value is -1.77. The van der Waals surface area contributed by atoms with E-state index in [9.17, 15) is 4.79 Å². The number of hydrogen-bond acceptors (Lipinski definition) is 1. The van der Waals surface area contributed by atoms with E-state index in [0.717, 1.165) is 12.1 Å². The van der Waals surface area contributed by atoms with Crippen LogP contribution in [0, 0.1) is 12.8 Å². The maximum atomic E-state index is 11.1. The van der Waals surface area contributed by atoms with Crippen LogP contribution in [0.4, 0.5) is 0 Å². The standard InChI is InChI=1S/C18H23NO2/c1-11(18(20)21)8-15-12(2)19-17-10-14-7-5-3-4-6-13(14)9-16(15)17/h9-11,19H,3-8H2,1-2H3,(H,20,21). The van der Waals surface area contributed by atoms with Crippen LogP contribution in [0.25, 0.3) is 10.9 Å². The van der Waals surface area contributed by atoms with Crippen LogP contribution < -0.4 is 0 Å². The summed E-state index contributed by atoms with van der Waals surface area (Å²) >= 11 is 0. The predicted molar refractivity (Wildman–Crippen MR) is 84.8 cm³/mol. The quantitative estimate of drug-likeness (QED) is 0.837. The Morgan fingerprint density at radius 2 is 1.90 bits per heavy atom. The van der Waals surface area contributed by atoms with E-state index in [1.165, 1.54) is 53.3 Å². The van der Waals surface area contributed by atoms with Crippen molar-refractivity contribution < 1.29 is 9.90 Å². The highest BCUT2D eigenvalue weighted by molar-refractivity contribution is 5.87. The molecule has 21 heavy (non-hydrogen) atoms. The number of fused-ring (bicyclic) bond motifs is 2. The molecule has 2 N–H and O–H groups in total. The summed E-state index contributed by atoms with van der Waals surface area (Å²) in [5.41, 5.74) is 6.38. The molecule has 3 nitrogen and oxygen atoms in total. The fraction of sp³-hybridized carbons (Fsp3) is 0.500. The smallest absolute Gasteiger partial charge is 0.306 e. The van der Waals surface area contributed by atoms with Gasteiger partial charge in [0, 0.05) is 16.6 Å². The summed E-state index contributed by atoms with van der Waals surface area (Å²) in [5.74, 6) is -1.07. The fourth-order valence-corrected chi connectivity index (χ4v) is 3.45. The Morgan fingerprint density at radius 3 is 2.57 bits per heavy atom. The molecule has 1 aromatic carbocycles. The minimum atomic E-state index is -0.724. The van der Waals surface area contributed by atoms with Crippen molar-refractivity contribution in [3.05, 3.63) is 34.5 Å². The zero-order valence-corrected chi connectivity index (χ0v) is 12.8. The van der Waals surface area contributed by atoms with Crippen LogP contribution in [-0.4, -0.2) is 16.1 Å². The van der Waals surface area contributed by atoms with Gasteiger partial charge in [-0.05, 0) is 67.9 Å². The lowest BCUT2D eigenvalue weighted by atomic mass is 9.95. The van der Waals surface area contributed by atoms with Crippen molar-refractivity contribution in [2.75, 3.05) is 0 Å². The van der Waals surface area contributed by atoms with Crippen LogP contribution >= 0.6 is 0 Å². The molecule has 3 heteroatoms. The summed E-state index contributed by atoms with van der Waals surface area (Å²) in [7, 11) is 0. The van der Waals surface area contributed by atoms with Gasteiger partial charge in [0.1, 0.15) is 0 Å². The number of benzene rings is 1. The second-order valence-corrected chi connectivity index (χ2v) is 6.40. The van der Waals surface area contributed by atoms with Gasteiger partial charge in [0.2, 0.25) is 0 Å². The van der Waals surface area contributed by atoms with Crippen molar-refractivity contribution >= 4 is 16.9 Å². The predicted octanol–water partition coefficient (Wildman–Crippen LogP) is 4.01. The van der Waals surface area contributed by atoms with Crippen molar-refractivity contribution in [1.82, 2.24) is 4.98 Å². The molecule has 0 aliphatic heterocycles. The lowest BCUT2D eigenvalue weighted by Crippen LogP contribution is -2.12. The molecule has 1 heterocycles. The number of aryl methyl sites for hydroxylation is 3. The number of hydrogen-bond donors (Lipinski definition) is 2. The van der Waals surface area contributed by atoms with E-state index in [1.54, 1.807) is 6.92 Å². The Balaban J connectivity index is 2.06. The van der Waals surface area contributed by atoms with Gasteiger partial charge >= 0.3 is 5.97 Å². The van der Waals surface area contributed by atoms with Crippen LogP contribution in [0.15, 0.2) is 12.1 Å². The Labute approximate surface area is 125 Å². The van der Waals surface area contributed by atoms with Crippen LogP contribution in [0.3, 0.4) is 0 Å². The maximum absolute atomic E-state index is 11.1. The largest absolute Gasteiger partial charge is 0.481 e. The number of aromatic amines is 1. The molecule has 0 saturated heterocycles. The van der Waals surface area contributed by atoms with Crippen LogP contribution in [0.2, 0.25) is 0 Å². The lowest BCUT2D eigenvalue weighted by molar-refractivity contribution is -0.141. The van der Waals surface area contributed by atoms with Crippen molar-refractivity contribution in [3.63, 3.8) is 0 Å². The van der Waals surface area contributed by atoms with Crippen LogP contribution in [-0.2, 0) is 24.1 Å². The SMILES string of the molecule is Cc1[nH]c2cc3c(cc2c1CC(C)C(=O)O)CCCCC3. The summed E-state index contributed by atoms with van der Waals surface area (Å²) in [5, 5.41) is 10.4. The first-order valence-electron chi connectivity index (χ1n) is 7.92. The summed E-state index contributed by atoms with van der Waals surface area (Å²) in [6.45, 7) is 3.83. The summed E-state index contributed by atoms with van der Waals surface area (Å²) in [6, 6.07) is 4.60. The first-order chi connectivity index (χ1) is 10.1. The number of carboxylic acids is 1. The third-order valence-corrected chi connectivity index (χ3v) is 4.76. The number of H-pyrrole nitrogens is 1. The first-order valence-corrected chi connectivity index (χ1v) is 7.92. The number of carbonyl (C=O) groups is 1. The van der Waals surface area contributed by atoms with Crippen molar-refractivity contribution in [2.24, 2.45) is 5.92 Å². The van der Waals surface area contributed by atoms with Gasteiger partial charge in [-0.25, -0.2) is 0 Å². The van der Waals surface area contributed by atoms with E-state index in [0.29, 0.717) is 6.42 Å². The topological polar surface area (TPSA) is 53.1 Å². The fourth-order valence-electron chi connectivity index (χ4n) is 3.45. The summed E-state index contributed by atoms with van der Waals surface area (Å²) < 4.78 is 0. The van der Waals surface area contributed by atoms with Gasteiger partial charge in [-0.3, -0.25) is 4.79 Å². The van der Waals surface area contributed by atoms with Crippen LogP contribution in [0.1, 0.15) is 48.6 Å². The molecule has 0 radical (unpaired) electrons. The van der Waals surface area contributed by atoms with Crippen molar-refractivity contribution in [3.8, 4) is 0 Å². The molecule has 1 aliphatic rings. The average Bonchev–Trinajstić information content (AvgIpc) is 2.63. The zero-order chi connectivity index (χ0) is 15.0. The van der Waals surface area contributed by atoms with E-state index in [1.807, 2.05) is 0 Å². The van der Waals surface area contributed by atoms with E-state index in [-0.39, 0.29) is 5.92 Å². The molecule has 0 saturated carbocycles. The monoisotopic (exact) mass is 285 g/mol. The van der Waals surface area contributed by atoms with Gasteiger partial charge in [-0.15, -0.1) is 0 Å². The molecule has 0 bridgehead atoms. The molecule has 1 atom stereocenters. The third kappa shape index (κ3) is 2.69. The zero-order valence-electron chi connectivity index (χ0n) is 12.8. The van der Waals surface area contributed by atoms with Crippen molar-refractivity contribution in [1.29, 1.82) is 0 Å². The van der Waals surface area contributed by atoms with Gasteiger partial charge < -0.3 is 10.1 Å². The minimum Gasteiger partial charge on any atom is -0.481 e. The molecule has 1 unspecified atom stereocenters. The molecule has 1 aliphatic carbocycles. The van der Waals surface area contributed by atoms with Crippen LogP contribution in [0.5, 0.6) is 0 Å². The van der Waals surface area contributed by atoms with Gasteiger partial charge in [0.05, 0.1) is 5.92 Å². The Kier molecular flexibility index (Phi) is 3.75. The second kappa shape index (κ2) is 5.55. The molecule has 112 valence electrons. The third-order valence-electron chi connectivity index (χ3n) is 4.76. The van der Waals surface area contributed by atoms with Gasteiger partial charge in [-0.2, -0.15) is 0 Å². The molecule has 2 aromatic rings. The van der Waals surface area contributed by atoms with Gasteiger partial charge in [0.25, 0.3) is 0 Å². The number of carboxylic acid groups (broad SMARTS) is 1. The molecule has 0 amide bonds. The highest BCUT2D eigenvalue weighted by atomic mass is 16.4. The van der Waals surface area contributed by atoms with E-state index >= 15 is 0 Å². The van der Waals surface area contributed by atoms with E-state index < -0.39 is 5.97 Å². The molecular weight excluding hydrogens is 262 g/mol. The molecular formula is C18H23NO2. The highest BCUT2D eigenvalue weighted by Crippen LogP contribution is 2.30. The normalized spacial score (nSPS) is 16.5. The first kappa shape index (κ1) is 14.2. The summed E-state index contributed by atoms with van der Waals surface area (Å²) in [6.07, 6.45) is 6.78. The number of aromatic nitrogens is 1. The van der Waals surface area contributed by atoms with Crippen molar-refractivity contribution in [2.45, 2.75) is 52.4 Å². The number of nitrogens with one attached hydrogen (secondary N) is 1. The van der Waals surface area contributed by atoms with E-state index in [2.05, 4.69) is 24.0 Å². The number of rotatable bonds is 3. The molecule has 0 spiro atoms. The van der Waals surface area contributed by atoms with Gasteiger partial charge in [-0.1, -0.05) is 13.3 Å². The second-order valence-electron chi connectivity index (χ2n) is 6.40.